The monoisotopic (exact) mass is 482 g/mol. The normalized spacial score (nSPS) is 18.1. The smallest absolute Gasteiger partial charge is 0.271 e. The van der Waals surface area contributed by atoms with E-state index < -0.39 is 9.84 Å². The minimum atomic E-state index is -3.11. The lowest BCUT2D eigenvalue weighted by atomic mass is 10.1. The maximum Gasteiger partial charge on any atom is 0.271 e. The highest BCUT2D eigenvalue weighted by molar-refractivity contribution is 7.91. The molecule has 2 aromatic carbocycles. The molecule has 3 aromatic rings. The van der Waals surface area contributed by atoms with Crippen LogP contribution < -0.4 is 10.1 Å². The third-order valence-corrected chi connectivity index (χ3v) is 7.92. The summed E-state index contributed by atoms with van der Waals surface area (Å²) in [5.74, 6) is 0.571. The number of rotatable bonds is 8. The molecule has 1 aliphatic heterocycles. The second-order valence-corrected chi connectivity index (χ2v) is 11.0. The highest BCUT2D eigenvalue weighted by atomic mass is 32.2. The van der Waals surface area contributed by atoms with Gasteiger partial charge in [0.25, 0.3) is 5.91 Å². The topological polar surface area (TPSA) is 93.5 Å². The molecule has 2 atom stereocenters. The Labute approximate surface area is 200 Å². The predicted molar refractivity (Wildman–Crippen MR) is 132 cm³/mol. The zero-order valence-electron chi connectivity index (χ0n) is 19.6. The molecule has 0 radical (unpaired) electrons. The van der Waals surface area contributed by atoms with Gasteiger partial charge < -0.3 is 15.0 Å². The van der Waals surface area contributed by atoms with Gasteiger partial charge in [0.05, 0.1) is 36.4 Å². The first-order valence-electron chi connectivity index (χ1n) is 11.2. The molecule has 0 saturated carbocycles. The molecule has 2 heterocycles. The average molecular weight is 483 g/mol. The van der Waals surface area contributed by atoms with E-state index in [0.29, 0.717) is 24.4 Å². The molecule has 1 saturated heterocycles. The number of benzene rings is 2. The van der Waals surface area contributed by atoms with E-state index in [1.54, 1.807) is 17.9 Å². The van der Waals surface area contributed by atoms with Gasteiger partial charge in [-0.05, 0) is 56.4 Å². The number of ether oxygens (including phenoxy) is 1. The van der Waals surface area contributed by atoms with Gasteiger partial charge in [-0.15, -0.1) is 0 Å². The Balaban J connectivity index is 1.60. The van der Waals surface area contributed by atoms with E-state index in [1.165, 1.54) is 0 Å². The average Bonchev–Trinajstić information content (AvgIpc) is 3.43. The van der Waals surface area contributed by atoms with Gasteiger partial charge in [0.15, 0.2) is 15.5 Å². The van der Waals surface area contributed by atoms with Crippen LogP contribution in [0.1, 0.15) is 34.6 Å². The van der Waals surface area contributed by atoms with Crippen LogP contribution >= 0.6 is 0 Å². The number of carbonyl (C=O) groups is 1. The maximum atomic E-state index is 13.1. The van der Waals surface area contributed by atoms with Gasteiger partial charge in [-0.25, -0.2) is 8.42 Å². The fraction of sp³-hybridized carbons (Fsp3) is 0.360. The fourth-order valence-electron chi connectivity index (χ4n) is 4.28. The standard InChI is InChI=1S/C25H30N4O4S/c1-28(2)24(18-7-5-4-6-8-18)16-26-25(30)22-15-23(19-9-11-21(33-3)12-10-19)29(27-22)20-13-14-34(31,32)17-20/h4-12,15,20,24H,13-14,16-17H2,1-3H3,(H,26,30)/t20-,24-/m0/s1. The van der Waals surface area contributed by atoms with Crippen LogP contribution in [0.5, 0.6) is 5.75 Å². The molecule has 34 heavy (non-hydrogen) atoms. The molecule has 0 aliphatic carbocycles. The highest BCUT2D eigenvalue weighted by Gasteiger charge is 2.32. The number of carbonyl (C=O) groups excluding carboxylic acids is 1. The largest absolute Gasteiger partial charge is 0.497 e. The number of aromatic nitrogens is 2. The van der Waals surface area contributed by atoms with Crippen LogP contribution in [-0.4, -0.2) is 68.3 Å². The summed E-state index contributed by atoms with van der Waals surface area (Å²) in [5.41, 5.74) is 2.92. The van der Waals surface area contributed by atoms with Crippen molar-refractivity contribution in [2.45, 2.75) is 18.5 Å². The molecular formula is C25H30N4O4S. The molecular weight excluding hydrogens is 452 g/mol. The quantitative estimate of drug-likeness (QED) is 0.531. The Morgan fingerprint density at radius 2 is 1.88 bits per heavy atom. The number of hydrogen-bond donors (Lipinski definition) is 1. The lowest BCUT2D eigenvalue weighted by Crippen LogP contribution is -2.34. The third kappa shape index (κ3) is 5.31. The zero-order chi connectivity index (χ0) is 24.3. The van der Waals surface area contributed by atoms with Crippen molar-refractivity contribution in [3.63, 3.8) is 0 Å². The number of hydrogen-bond acceptors (Lipinski definition) is 6. The Morgan fingerprint density at radius 1 is 1.18 bits per heavy atom. The highest BCUT2D eigenvalue weighted by Crippen LogP contribution is 2.31. The Bertz CT molecular complexity index is 1240. The summed E-state index contributed by atoms with van der Waals surface area (Å²) in [4.78, 5) is 15.2. The minimum absolute atomic E-state index is 0.00766. The zero-order valence-corrected chi connectivity index (χ0v) is 20.5. The maximum absolute atomic E-state index is 13.1. The molecule has 180 valence electrons. The molecule has 1 amide bonds. The summed E-state index contributed by atoms with van der Waals surface area (Å²) >= 11 is 0. The van der Waals surface area contributed by atoms with Crippen molar-refractivity contribution in [3.8, 4) is 17.0 Å². The molecule has 1 N–H and O–H groups in total. The van der Waals surface area contributed by atoms with E-state index in [9.17, 15) is 13.2 Å². The first-order valence-corrected chi connectivity index (χ1v) is 13.0. The molecule has 8 nitrogen and oxygen atoms in total. The summed E-state index contributed by atoms with van der Waals surface area (Å²) < 4.78 is 31.2. The van der Waals surface area contributed by atoms with E-state index >= 15 is 0 Å². The van der Waals surface area contributed by atoms with Crippen LogP contribution in [0.3, 0.4) is 0 Å². The van der Waals surface area contributed by atoms with Crippen molar-refractivity contribution >= 4 is 15.7 Å². The van der Waals surface area contributed by atoms with Gasteiger partial charge in [-0.1, -0.05) is 30.3 Å². The predicted octanol–water partition coefficient (Wildman–Crippen LogP) is 2.95. The van der Waals surface area contributed by atoms with Crippen LogP contribution in [0.15, 0.2) is 60.7 Å². The van der Waals surface area contributed by atoms with E-state index in [2.05, 4.69) is 15.3 Å². The van der Waals surface area contributed by atoms with Crippen molar-refractivity contribution in [1.29, 1.82) is 0 Å². The number of nitrogens with zero attached hydrogens (tertiary/aromatic N) is 3. The number of sulfone groups is 1. The SMILES string of the molecule is COc1ccc(-c2cc(C(=O)NC[C@@H](c3ccccc3)N(C)C)nn2[C@H]2CCS(=O)(=O)C2)cc1. The van der Waals surface area contributed by atoms with Gasteiger partial charge in [0.1, 0.15) is 5.75 Å². The summed E-state index contributed by atoms with van der Waals surface area (Å²) in [5, 5.41) is 7.57. The van der Waals surface area contributed by atoms with Crippen molar-refractivity contribution in [2.75, 3.05) is 39.3 Å². The lowest BCUT2D eigenvalue weighted by Gasteiger charge is -2.24. The van der Waals surface area contributed by atoms with Gasteiger partial charge in [0, 0.05) is 12.1 Å². The number of methoxy groups -OCH3 is 1. The number of amides is 1. The molecule has 0 bridgehead atoms. The molecule has 1 aliphatic rings. The van der Waals surface area contributed by atoms with Gasteiger partial charge >= 0.3 is 0 Å². The van der Waals surface area contributed by atoms with E-state index in [4.69, 9.17) is 4.74 Å². The van der Waals surface area contributed by atoms with Crippen LogP contribution in [0, 0.1) is 0 Å². The van der Waals surface area contributed by atoms with Gasteiger partial charge in [0.2, 0.25) is 0 Å². The molecule has 0 spiro atoms. The fourth-order valence-corrected chi connectivity index (χ4v) is 5.98. The number of nitrogens with one attached hydrogen (secondary N) is 1. The van der Waals surface area contributed by atoms with E-state index in [-0.39, 0.29) is 35.2 Å². The molecule has 1 fully saturated rings. The van der Waals surface area contributed by atoms with E-state index in [0.717, 1.165) is 11.1 Å². The molecule has 1 aromatic heterocycles. The van der Waals surface area contributed by atoms with Crippen LogP contribution in [0.25, 0.3) is 11.3 Å². The summed E-state index contributed by atoms with van der Waals surface area (Å²) in [7, 11) is 2.43. The van der Waals surface area contributed by atoms with Crippen LogP contribution in [0.4, 0.5) is 0 Å². The Morgan fingerprint density at radius 3 is 2.47 bits per heavy atom. The first kappa shape index (κ1) is 24.0. The summed E-state index contributed by atoms with van der Waals surface area (Å²) in [6.07, 6.45) is 0.477. The Hall–Kier alpha value is -3.17. The van der Waals surface area contributed by atoms with E-state index in [1.807, 2.05) is 68.7 Å². The summed E-state index contributed by atoms with van der Waals surface area (Å²) in [6.45, 7) is 0.415. The summed E-state index contributed by atoms with van der Waals surface area (Å²) in [6, 6.07) is 18.9. The second kappa shape index (κ2) is 9.99. The molecule has 9 heteroatoms. The lowest BCUT2D eigenvalue weighted by molar-refractivity contribution is 0.0936. The van der Waals surface area contributed by atoms with Crippen molar-refractivity contribution in [3.05, 3.63) is 71.9 Å². The first-order chi connectivity index (χ1) is 16.3. The molecule has 0 unspecified atom stereocenters. The second-order valence-electron chi connectivity index (χ2n) is 8.74. The number of likely N-dealkylation sites (N-methyl/N-ethyl adjacent to an activating group) is 1. The minimum Gasteiger partial charge on any atom is -0.497 e. The van der Waals surface area contributed by atoms with Gasteiger partial charge in [-0.2, -0.15) is 5.10 Å². The Kier molecular flexibility index (Phi) is 7.04. The van der Waals surface area contributed by atoms with Crippen LogP contribution in [-0.2, 0) is 9.84 Å². The van der Waals surface area contributed by atoms with Crippen molar-refractivity contribution in [1.82, 2.24) is 20.0 Å². The third-order valence-electron chi connectivity index (χ3n) is 6.17. The van der Waals surface area contributed by atoms with Gasteiger partial charge in [-0.3, -0.25) is 9.48 Å². The van der Waals surface area contributed by atoms with Crippen molar-refractivity contribution in [2.24, 2.45) is 0 Å². The van der Waals surface area contributed by atoms with Crippen molar-refractivity contribution < 1.29 is 17.9 Å². The molecule has 4 rings (SSSR count). The van der Waals surface area contributed by atoms with Crippen LogP contribution in [0.2, 0.25) is 0 Å².